The van der Waals surface area contributed by atoms with Gasteiger partial charge in [-0.2, -0.15) is 0 Å². The second-order valence-electron chi connectivity index (χ2n) is 6.64. The fraction of sp³-hybridized carbons (Fsp3) is 0.579. The van der Waals surface area contributed by atoms with Crippen LogP contribution in [0.1, 0.15) is 23.2 Å². The summed E-state index contributed by atoms with van der Waals surface area (Å²) in [5.74, 6) is 0.753. The van der Waals surface area contributed by atoms with Crippen LogP contribution in [0.3, 0.4) is 0 Å². The molecule has 1 aromatic rings. The highest BCUT2D eigenvalue weighted by molar-refractivity contribution is 14.0. The minimum atomic E-state index is -0.0795. The number of benzene rings is 1. The summed E-state index contributed by atoms with van der Waals surface area (Å²) < 4.78 is 12.6. The van der Waals surface area contributed by atoms with E-state index in [-0.39, 0.29) is 42.1 Å². The molecule has 2 aliphatic heterocycles. The van der Waals surface area contributed by atoms with Gasteiger partial charge in [0.2, 0.25) is 0 Å². The quantitative estimate of drug-likeness (QED) is 0.247. The van der Waals surface area contributed by atoms with Crippen LogP contribution < -0.4 is 10.6 Å². The minimum Gasteiger partial charge on any atom is -0.375 e. The number of ether oxygens (including phenoxy) is 2. The maximum absolute atomic E-state index is 12.1. The smallest absolute Gasteiger partial charge is 0.251 e. The third kappa shape index (κ3) is 6.57. The molecule has 2 fully saturated rings. The van der Waals surface area contributed by atoms with Gasteiger partial charge >= 0.3 is 0 Å². The lowest BCUT2D eigenvalue weighted by Gasteiger charge is -2.37. The number of halogens is 2. The molecule has 2 heterocycles. The molecule has 2 atom stereocenters. The van der Waals surface area contributed by atoms with Crippen molar-refractivity contribution < 1.29 is 14.3 Å². The number of carbonyl (C=O) groups excluding carboxylic acids is 1. The van der Waals surface area contributed by atoms with Crippen molar-refractivity contribution in [2.75, 3.05) is 46.4 Å². The molecule has 9 heteroatoms. The number of nitrogens with one attached hydrogen (secondary N) is 2. The van der Waals surface area contributed by atoms with Crippen molar-refractivity contribution in [3.8, 4) is 0 Å². The molecule has 2 N–H and O–H groups in total. The van der Waals surface area contributed by atoms with Crippen LogP contribution in [0.4, 0.5) is 0 Å². The number of guanidine groups is 1. The first-order valence-corrected chi connectivity index (χ1v) is 10.2. The second kappa shape index (κ2) is 11.9. The maximum atomic E-state index is 12.1. The molecular formula is C19H28BrIN4O3. The molecule has 3 rings (SSSR count). The van der Waals surface area contributed by atoms with Crippen molar-refractivity contribution in [3.63, 3.8) is 0 Å². The summed E-state index contributed by atoms with van der Waals surface area (Å²) in [5.41, 5.74) is 0.648. The van der Waals surface area contributed by atoms with Gasteiger partial charge in [-0.1, -0.05) is 15.9 Å². The van der Waals surface area contributed by atoms with E-state index in [0.29, 0.717) is 25.3 Å². The molecule has 28 heavy (non-hydrogen) atoms. The van der Waals surface area contributed by atoms with Gasteiger partial charge in [-0.15, -0.1) is 24.0 Å². The zero-order valence-electron chi connectivity index (χ0n) is 16.0. The summed E-state index contributed by atoms with van der Waals surface area (Å²) in [7, 11) is 1.78. The Morgan fingerprint density at radius 2 is 1.89 bits per heavy atom. The number of carbonyl (C=O) groups is 1. The van der Waals surface area contributed by atoms with E-state index in [9.17, 15) is 4.79 Å². The number of aliphatic imine (C=N–C) groups is 1. The highest BCUT2D eigenvalue weighted by Gasteiger charge is 2.32. The van der Waals surface area contributed by atoms with Crippen LogP contribution in [0.2, 0.25) is 0 Å². The van der Waals surface area contributed by atoms with Crippen molar-refractivity contribution in [3.05, 3.63) is 34.3 Å². The molecule has 0 aliphatic carbocycles. The molecule has 2 aliphatic rings. The van der Waals surface area contributed by atoms with Crippen molar-refractivity contribution in [1.82, 2.24) is 15.5 Å². The number of hydrogen-bond acceptors (Lipinski definition) is 4. The van der Waals surface area contributed by atoms with Crippen LogP contribution >= 0.6 is 39.9 Å². The minimum absolute atomic E-state index is 0. The largest absolute Gasteiger partial charge is 0.375 e. The van der Waals surface area contributed by atoms with Gasteiger partial charge in [0.25, 0.3) is 5.91 Å². The lowest BCUT2D eigenvalue weighted by atomic mass is 10.1. The number of nitrogens with zero attached hydrogens (tertiary/aromatic N) is 2. The first kappa shape index (κ1) is 23.4. The van der Waals surface area contributed by atoms with Gasteiger partial charge in [0, 0.05) is 49.9 Å². The number of amides is 1. The Hall–Kier alpha value is -0.910. The van der Waals surface area contributed by atoms with Crippen molar-refractivity contribution in [1.29, 1.82) is 0 Å². The zero-order chi connectivity index (χ0) is 19.1. The summed E-state index contributed by atoms with van der Waals surface area (Å²) in [6.07, 6.45) is 2.45. The summed E-state index contributed by atoms with van der Waals surface area (Å²) in [6.45, 7) is 4.20. The normalized spacial score (nSPS) is 22.5. The summed E-state index contributed by atoms with van der Waals surface area (Å²) in [4.78, 5) is 18.7. The van der Waals surface area contributed by atoms with Gasteiger partial charge in [0.15, 0.2) is 5.96 Å². The molecule has 1 amide bonds. The predicted molar refractivity (Wildman–Crippen MR) is 124 cm³/mol. The van der Waals surface area contributed by atoms with Crippen molar-refractivity contribution in [2.45, 2.75) is 25.0 Å². The molecule has 7 nitrogen and oxygen atoms in total. The number of morpholine rings is 1. The molecule has 1 aromatic carbocycles. The van der Waals surface area contributed by atoms with Crippen molar-refractivity contribution >= 4 is 51.8 Å². The van der Waals surface area contributed by atoms with Gasteiger partial charge in [-0.3, -0.25) is 9.79 Å². The van der Waals surface area contributed by atoms with E-state index in [1.54, 1.807) is 19.2 Å². The summed E-state index contributed by atoms with van der Waals surface area (Å²) >= 11 is 3.37. The summed E-state index contributed by atoms with van der Waals surface area (Å²) in [6, 6.07) is 7.31. The highest BCUT2D eigenvalue weighted by Crippen LogP contribution is 2.21. The first-order chi connectivity index (χ1) is 13.2. The Balaban J connectivity index is 0.00000280. The molecule has 156 valence electrons. The van der Waals surface area contributed by atoms with Gasteiger partial charge in [-0.25, -0.2) is 0 Å². The first-order valence-electron chi connectivity index (χ1n) is 9.40. The molecule has 0 bridgehead atoms. The standard InChI is InChI=1S/C19H27BrN4O3.HI/c1-21-19(24-10-12-27-17(13-24)16-3-2-11-26-16)23-9-8-22-18(25)14-4-6-15(20)7-5-14;/h4-7,16-17H,2-3,8-13H2,1H3,(H,21,23)(H,22,25);1H. The van der Waals surface area contributed by atoms with E-state index in [4.69, 9.17) is 9.47 Å². The Bertz CT molecular complexity index is 653. The van der Waals surface area contributed by atoms with E-state index in [2.05, 4.69) is 36.5 Å². The van der Waals surface area contributed by atoms with E-state index >= 15 is 0 Å². The van der Waals surface area contributed by atoms with Gasteiger partial charge in [0.05, 0.1) is 12.7 Å². The van der Waals surface area contributed by atoms with Gasteiger partial charge in [0.1, 0.15) is 6.10 Å². The SMILES string of the molecule is CN=C(NCCNC(=O)c1ccc(Br)cc1)N1CCOC(C2CCCO2)C1.I. The van der Waals surface area contributed by atoms with Crippen LogP contribution in [0, 0.1) is 0 Å². The van der Waals surface area contributed by atoms with Gasteiger partial charge in [-0.05, 0) is 37.1 Å². The maximum Gasteiger partial charge on any atom is 0.251 e. The topological polar surface area (TPSA) is 75.2 Å². The molecule has 0 aromatic heterocycles. The van der Waals surface area contributed by atoms with E-state index in [1.807, 2.05) is 12.1 Å². The Morgan fingerprint density at radius 3 is 2.57 bits per heavy atom. The molecule has 0 spiro atoms. The third-order valence-corrected chi connectivity index (χ3v) is 5.31. The average molecular weight is 567 g/mol. The van der Waals surface area contributed by atoms with Crippen LogP contribution in [0.25, 0.3) is 0 Å². The fourth-order valence-electron chi connectivity index (χ4n) is 3.37. The van der Waals surface area contributed by atoms with Gasteiger partial charge < -0.3 is 25.0 Å². The number of hydrogen-bond donors (Lipinski definition) is 2. The molecule has 0 radical (unpaired) electrons. The van der Waals surface area contributed by atoms with E-state index in [0.717, 1.165) is 43.0 Å². The molecule has 0 saturated carbocycles. The van der Waals surface area contributed by atoms with Crippen molar-refractivity contribution in [2.24, 2.45) is 4.99 Å². The monoisotopic (exact) mass is 566 g/mol. The van der Waals surface area contributed by atoms with E-state index < -0.39 is 0 Å². The lowest BCUT2D eigenvalue weighted by molar-refractivity contribution is -0.0816. The summed E-state index contributed by atoms with van der Waals surface area (Å²) in [5, 5.41) is 6.24. The number of rotatable bonds is 5. The molecule has 2 unspecified atom stereocenters. The highest BCUT2D eigenvalue weighted by atomic mass is 127. The molecular weight excluding hydrogens is 539 g/mol. The Labute approximate surface area is 191 Å². The fourth-order valence-corrected chi connectivity index (χ4v) is 3.64. The predicted octanol–water partition coefficient (Wildman–Crippen LogP) is 2.25. The molecule has 2 saturated heterocycles. The van der Waals surface area contributed by atoms with Crippen LogP contribution in [0.5, 0.6) is 0 Å². The third-order valence-electron chi connectivity index (χ3n) is 4.78. The van der Waals surface area contributed by atoms with Crippen LogP contribution in [-0.4, -0.2) is 75.4 Å². The lowest BCUT2D eigenvalue weighted by Crippen LogP contribution is -2.54. The van der Waals surface area contributed by atoms with E-state index in [1.165, 1.54) is 0 Å². The Kier molecular flexibility index (Phi) is 9.96. The Morgan fingerprint density at radius 1 is 1.18 bits per heavy atom. The zero-order valence-corrected chi connectivity index (χ0v) is 19.9. The van der Waals surface area contributed by atoms with Crippen LogP contribution in [-0.2, 0) is 9.47 Å². The second-order valence-corrected chi connectivity index (χ2v) is 7.56. The van der Waals surface area contributed by atoms with Crippen LogP contribution in [0.15, 0.2) is 33.7 Å². The average Bonchev–Trinajstić information content (AvgIpc) is 3.23.